The number of guanidine groups is 1. The molecule has 0 unspecified atom stereocenters. The second-order valence-electron chi connectivity index (χ2n) is 5.86. The lowest BCUT2D eigenvalue weighted by molar-refractivity contribution is 0.324. The molecule has 2 rings (SSSR count). The van der Waals surface area contributed by atoms with E-state index in [0.29, 0.717) is 29.5 Å². The Kier molecular flexibility index (Phi) is 7.50. The van der Waals surface area contributed by atoms with Crippen molar-refractivity contribution in [2.45, 2.75) is 13.8 Å². The van der Waals surface area contributed by atoms with Crippen molar-refractivity contribution in [3.05, 3.63) is 41.5 Å². The fourth-order valence-electron chi connectivity index (χ4n) is 2.38. The van der Waals surface area contributed by atoms with Crippen LogP contribution in [-0.2, 0) is 0 Å². The van der Waals surface area contributed by atoms with Crippen LogP contribution in [0.2, 0.25) is 0 Å². The summed E-state index contributed by atoms with van der Waals surface area (Å²) in [7, 11) is 4.60. The summed E-state index contributed by atoms with van der Waals surface area (Å²) in [5, 5.41) is 4.00. The molecule has 0 aliphatic heterocycles. The molecule has 0 fully saturated rings. The molecular weight excluding hydrogens is 360 g/mol. The van der Waals surface area contributed by atoms with Crippen molar-refractivity contribution in [1.29, 1.82) is 0 Å². The lowest BCUT2D eigenvalue weighted by atomic mass is 10.1. The monoisotopic (exact) mass is 386 g/mol. The Morgan fingerprint density at radius 3 is 2.25 bits per heavy atom. The van der Waals surface area contributed by atoms with Gasteiger partial charge >= 0.3 is 0 Å². The maximum Gasteiger partial charge on any atom is 0.214 e. The van der Waals surface area contributed by atoms with Crippen LogP contribution in [0, 0.1) is 13.8 Å². The first-order valence-corrected chi connectivity index (χ1v) is 8.60. The number of methoxy groups -OCH3 is 3. The van der Waals surface area contributed by atoms with Gasteiger partial charge in [0, 0.05) is 12.1 Å². The third-order valence-corrected chi connectivity index (χ3v) is 3.97. The van der Waals surface area contributed by atoms with E-state index >= 15 is 0 Å². The summed E-state index contributed by atoms with van der Waals surface area (Å²) >= 11 is 0. The fraction of sp³-hybridized carbons (Fsp3) is 0.300. The van der Waals surface area contributed by atoms with Crippen molar-refractivity contribution in [2.24, 2.45) is 15.8 Å². The third-order valence-electron chi connectivity index (χ3n) is 3.97. The Hall–Kier alpha value is -3.42. The first-order chi connectivity index (χ1) is 13.5. The Morgan fingerprint density at radius 2 is 1.68 bits per heavy atom. The zero-order valence-electron chi connectivity index (χ0n) is 16.8. The van der Waals surface area contributed by atoms with E-state index in [1.165, 1.54) is 32.5 Å². The summed E-state index contributed by atoms with van der Waals surface area (Å²) in [6.07, 6.45) is 1.56. The molecule has 0 radical (unpaired) electrons. The Balaban J connectivity index is 1.96. The minimum Gasteiger partial charge on any atom is -0.493 e. The fourth-order valence-corrected chi connectivity index (χ4v) is 2.38. The van der Waals surface area contributed by atoms with E-state index in [2.05, 4.69) is 22.4 Å². The second-order valence-corrected chi connectivity index (χ2v) is 5.86. The Labute approximate surface area is 165 Å². The van der Waals surface area contributed by atoms with E-state index in [-0.39, 0.29) is 5.96 Å². The van der Waals surface area contributed by atoms with Gasteiger partial charge in [-0.15, -0.1) is 0 Å². The van der Waals surface area contributed by atoms with Crippen LogP contribution in [0.25, 0.3) is 0 Å². The summed E-state index contributed by atoms with van der Waals surface area (Å²) in [4.78, 5) is 4.24. The molecule has 150 valence electrons. The molecule has 0 saturated heterocycles. The van der Waals surface area contributed by atoms with Gasteiger partial charge in [-0.2, -0.15) is 5.10 Å². The number of ether oxygens (including phenoxy) is 4. The molecule has 0 aliphatic carbocycles. The summed E-state index contributed by atoms with van der Waals surface area (Å²) in [6.45, 7) is 4.39. The molecule has 8 heteroatoms. The van der Waals surface area contributed by atoms with Gasteiger partial charge in [-0.3, -0.25) is 0 Å². The van der Waals surface area contributed by atoms with Crippen LogP contribution < -0.4 is 30.1 Å². The molecule has 0 atom stereocenters. The summed E-state index contributed by atoms with van der Waals surface area (Å²) in [6, 6.07) is 9.29. The number of hydrogen-bond donors (Lipinski definition) is 2. The molecule has 0 aromatic heterocycles. The molecule has 0 amide bonds. The molecule has 8 nitrogen and oxygen atoms in total. The van der Waals surface area contributed by atoms with Crippen LogP contribution in [0.5, 0.6) is 23.0 Å². The molecule has 0 bridgehead atoms. The molecule has 28 heavy (non-hydrogen) atoms. The van der Waals surface area contributed by atoms with E-state index in [1.54, 1.807) is 18.3 Å². The smallest absolute Gasteiger partial charge is 0.214 e. The lowest BCUT2D eigenvalue weighted by Crippen LogP contribution is -2.27. The number of aliphatic imine (C=N–C) groups is 1. The Morgan fingerprint density at radius 1 is 1.00 bits per heavy atom. The first kappa shape index (κ1) is 20.9. The molecule has 0 aliphatic rings. The lowest BCUT2D eigenvalue weighted by Gasteiger charge is -2.12. The second kappa shape index (κ2) is 10.1. The van der Waals surface area contributed by atoms with Crippen molar-refractivity contribution in [1.82, 2.24) is 5.43 Å². The summed E-state index contributed by atoms with van der Waals surface area (Å²) in [5.74, 6) is 2.35. The summed E-state index contributed by atoms with van der Waals surface area (Å²) in [5.41, 5.74) is 11.4. The molecule has 2 aromatic carbocycles. The van der Waals surface area contributed by atoms with Gasteiger partial charge in [0.05, 0.1) is 33.2 Å². The SMILES string of the molecule is COc1cc(N=C(N)N/N=C/COc2ccc(C)c(C)c2)cc(OC)c1OC. The van der Waals surface area contributed by atoms with E-state index in [4.69, 9.17) is 24.7 Å². The molecular formula is C20H26N4O4. The minimum atomic E-state index is 0.108. The van der Waals surface area contributed by atoms with Crippen molar-refractivity contribution >= 4 is 17.9 Å². The maximum absolute atomic E-state index is 5.86. The van der Waals surface area contributed by atoms with Crippen LogP contribution in [0.15, 0.2) is 40.4 Å². The minimum absolute atomic E-state index is 0.108. The van der Waals surface area contributed by atoms with Crippen molar-refractivity contribution in [3.63, 3.8) is 0 Å². The number of nitrogens with two attached hydrogens (primary N) is 1. The maximum atomic E-state index is 5.86. The summed E-state index contributed by atoms with van der Waals surface area (Å²) < 4.78 is 21.5. The number of hydrazone groups is 1. The average molecular weight is 386 g/mol. The van der Waals surface area contributed by atoms with Crippen molar-refractivity contribution in [2.75, 3.05) is 27.9 Å². The molecule has 3 N–H and O–H groups in total. The Bertz CT molecular complexity index is 840. The highest BCUT2D eigenvalue weighted by molar-refractivity contribution is 5.82. The number of nitrogens with one attached hydrogen (secondary N) is 1. The van der Waals surface area contributed by atoms with E-state index < -0.39 is 0 Å². The highest BCUT2D eigenvalue weighted by Gasteiger charge is 2.13. The highest BCUT2D eigenvalue weighted by atomic mass is 16.5. The van der Waals surface area contributed by atoms with Crippen LogP contribution in [0.1, 0.15) is 11.1 Å². The number of aryl methyl sites for hydroxylation is 2. The van der Waals surface area contributed by atoms with Crippen LogP contribution in [-0.4, -0.2) is 40.1 Å². The normalized spacial score (nSPS) is 11.4. The first-order valence-electron chi connectivity index (χ1n) is 8.60. The number of nitrogens with zero attached hydrogens (tertiary/aromatic N) is 2. The number of hydrogen-bond acceptors (Lipinski definition) is 6. The number of rotatable bonds is 8. The van der Waals surface area contributed by atoms with Gasteiger partial charge in [-0.25, -0.2) is 10.4 Å². The molecule has 0 spiro atoms. The van der Waals surface area contributed by atoms with E-state index in [0.717, 1.165) is 5.75 Å². The van der Waals surface area contributed by atoms with Gasteiger partial charge in [-0.1, -0.05) is 6.07 Å². The quantitative estimate of drug-likeness (QED) is 0.411. The van der Waals surface area contributed by atoms with E-state index in [1.807, 2.05) is 25.1 Å². The van der Waals surface area contributed by atoms with Gasteiger partial charge in [-0.05, 0) is 37.1 Å². The highest BCUT2D eigenvalue weighted by Crippen LogP contribution is 2.40. The third kappa shape index (κ3) is 5.54. The van der Waals surface area contributed by atoms with Crippen LogP contribution in [0.4, 0.5) is 5.69 Å². The van der Waals surface area contributed by atoms with Gasteiger partial charge < -0.3 is 24.7 Å². The van der Waals surface area contributed by atoms with Crippen molar-refractivity contribution < 1.29 is 18.9 Å². The van der Waals surface area contributed by atoms with Gasteiger partial charge in [0.1, 0.15) is 12.4 Å². The molecule has 0 saturated carbocycles. The van der Waals surface area contributed by atoms with Gasteiger partial charge in [0.15, 0.2) is 11.5 Å². The predicted molar refractivity (Wildman–Crippen MR) is 110 cm³/mol. The van der Waals surface area contributed by atoms with Crippen molar-refractivity contribution in [3.8, 4) is 23.0 Å². The van der Waals surface area contributed by atoms with E-state index in [9.17, 15) is 0 Å². The predicted octanol–water partition coefficient (Wildman–Crippen LogP) is 2.93. The standard InChI is InChI=1S/C20H26N4O4/c1-13-6-7-16(10-14(13)2)28-9-8-22-24-20(21)23-15-11-17(25-3)19(27-5)18(12-15)26-4/h6-8,10-12H,9H2,1-5H3,(H3,21,23,24)/b22-8+. The van der Waals surface area contributed by atoms with Gasteiger partial charge in [0.2, 0.25) is 11.7 Å². The topological polar surface area (TPSA) is 99.7 Å². The van der Waals surface area contributed by atoms with Crippen LogP contribution in [0.3, 0.4) is 0 Å². The van der Waals surface area contributed by atoms with Crippen LogP contribution >= 0.6 is 0 Å². The largest absolute Gasteiger partial charge is 0.493 e. The zero-order chi connectivity index (χ0) is 20.5. The molecule has 0 heterocycles. The molecule has 2 aromatic rings. The number of benzene rings is 2. The van der Waals surface area contributed by atoms with Gasteiger partial charge in [0.25, 0.3) is 0 Å². The average Bonchev–Trinajstić information content (AvgIpc) is 2.69. The zero-order valence-corrected chi connectivity index (χ0v) is 16.8.